The van der Waals surface area contributed by atoms with Crippen molar-refractivity contribution in [3.8, 4) is 0 Å². The summed E-state index contributed by atoms with van der Waals surface area (Å²) in [5, 5.41) is 0. The molecule has 0 unspecified atom stereocenters. The van der Waals surface area contributed by atoms with Crippen molar-refractivity contribution in [2.75, 3.05) is 0 Å². The summed E-state index contributed by atoms with van der Waals surface area (Å²) in [5.74, 6) is 0. The van der Waals surface area contributed by atoms with Crippen LogP contribution in [0.4, 0.5) is 0 Å². The molecule has 0 radical (unpaired) electrons. The van der Waals surface area contributed by atoms with Crippen LogP contribution in [-0.2, 0) is 0 Å². The molecule has 0 N–H and O–H groups in total. The largest absolute Gasteiger partial charge is 0.0759 e. The zero-order chi connectivity index (χ0) is 10.3. The summed E-state index contributed by atoms with van der Waals surface area (Å²) >= 11 is 7.19. The topological polar surface area (TPSA) is 0 Å². The van der Waals surface area contributed by atoms with Crippen molar-refractivity contribution in [2.45, 2.75) is 63.0 Å². The molecule has 0 aromatic rings. The fourth-order valence-electron chi connectivity index (χ4n) is 1.29. The lowest BCUT2D eigenvalue weighted by molar-refractivity contribution is 0.356. The highest BCUT2D eigenvalue weighted by Crippen LogP contribution is 2.36. The van der Waals surface area contributed by atoms with E-state index >= 15 is 0 Å². The molecule has 0 saturated carbocycles. The quantitative estimate of drug-likeness (QED) is 0.430. The standard InChI is InChI=1S/C11H22Br2/c1-4-5-6-7-8-9-11(2,3)10(12)13/h10H,4-9H2,1-3H3. The minimum Gasteiger partial charge on any atom is -0.0759 e. The lowest BCUT2D eigenvalue weighted by atomic mass is 9.89. The average molecular weight is 314 g/mol. The molecule has 13 heavy (non-hydrogen) atoms. The summed E-state index contributed by atoms with van der Waals surface area (Å²) < 4.78 is 0.443. The van der Waals surface area contributed by atoms with E-state index in [-0.39, 0.29) is 0 Å². The van der Waals surface area contributed by atoms with Crippen molar-refractivity contribution in [3.63, 3.8) is 0 Å². The van der Waals surface area contributed by atoms with Gasteiger partial charge in [-0.05, 0) is 11.8 Å². The van der Waals surface area contributed by atoms with E-state index in [2.05, 4.69) is 52.6 Å². The Morgan fingerprint density at radius 1 is 1.00 bits per heavy atom. The molecule has 0 atom stereocenters. The molecule has 0 rings (SSSR count). The first-order valence-electron chi connectivity index (χ1n) is 5.29. The van der Waals surface area contributed by atoms with E-state index in [0.29, 0.717) is 9.15 Å². The zero-order valence-electron chi connectivity index (χ0n) is 9.08. The summed E-state index contributed by atoms with van der Waals surface area (Å²) in [7, 11) is 0. The first kappa shape index (κ1) is 14.0. The van der Waals surface area contributed by atoms with Gasteiger partial charge in [0, 0.05) is 0 Å². The van der Waals surface area contributed by atoms with Crippen LogP contribution < -0.4 is 0 Å². The molecule has 0 aliphatic carbocycles. The maximum absolute atomic E-state index is 3.60. The van der Waals surface area contributed by atoms with Crippen molar-refractivity contribution in [1.29, 1.82) is 0 Å². The minimum atomic E-state index is 0.381. The van der Waals surface area contributed by atoms with Crippen LogP contribution in [0.25, 0.3) is 0 Å². The monoisotopic (exact) mass is 312 g/mol. The molecule has 0 aromatic carbocycles. The van der Waals surface area contributed by atoms with Crippen LogP contribution >= 0.6 is 31.9 Å². The van der Waals surface area contributed by atoms with Crippen LogP contribution in [0.5, 0.6) is 0 Å². The van der Waals surface area contributed by atoms with Gasteiger partial charge in [0.25, 0.3) is 0 Å². The summed E-state index contributed by atoms with van der Waals surface area (Å²) in [6.07, 6.45) is 8.19. The molecule has 0 aromatic heterocycles. The van der Waals surface area contributed by atoms with Gasteiger partial charge in [-0.3, -0.25) is 0 Å². The first-order valence-corrected chi connectivity index (χ1v) is 7.12. The van der Waals surface area contributed by atoms with Crippen molar-refractivity contribution in [2.24, 2.45) is 5.41 Å². The summed E-state index contributed by atoms with van der Waals surface area (Å²) in [6.45, 7) is 6.87. The van der Waals surface area contributed by atoms with Gasteiger partial charge in [0.1, 0.15) is 0 Å². The lowest BCUT2D eigenvalue weighted by Crippen LogP contribution is -2.18. The first-order chi connectivity index (χ1) is 6.00. The van der Waals surface area contributed by atoms with Crippen LogP contribution in [0.15, 0.2) is 0 Å². The van der Waals surface area contributed by atoms with Crippen molar-refractivity contribution >= 4 is 31.9 Å². The second kappa shape index (κ2) is 7.28. The highest BCUT2D eigenvalue weighted by molar-refractivity contribution is 9.24. The Morgan fingerprint density at radius 2 is 1.54 bits per heavy atom. The van der Waals surface area contributed by atoms with Crippen LogP contribution in [0.2, 0.25) is 0 Å². The summed E-state index contributed by atoms with van der Waals surface area (Å²) in [4.78, 5) is 0. The zero-order valence-corrected chi connectivity index (χ0v) is 12.2. The van der Waals surface area contributed by atoms with Crippen LogP contribution in [-0.4, -0.2) is 3.74 Å². The van der Waals surface area contributed by atoms with E-state index in [1.165, 1.54) is 38.5 Å². The molecule has 2 heteroatoms. The van der Waals surface area contributed by atoms with E-state index in [4.69, 9.17) is 0 Å². The van der Waals surface area contributed by atoms with Gasteiger partial charge in [0.05, 0.1) is 3.74 Å². The second-order valence-corrected chi connectivity index (χ2v) is 7.51. The van der Waals surface area contributed by atoms with Gasteiger partial charge < -0.3 is 0 Å². The SMILES string of the molecule is CCCCCCCC(C)(C)C(Br)Br. The molecule has 0 aliphatic heterocycles. The summed E-state index contributed by atoms with van der Waals surface area (Å²) in [6, 6.07) is 0. The van der Waals surface area contributed by atoms with Crippen molar-refractivity contribution < 1.29 is 0 Å². The summed E-state index contributed by atoms with van der Waals surface area (Å²) in [5.41, 5.74) is 0.381. The molecule has 0 bridgehead atoms. The van der Waals surface area contributed by atoms with E-state index in [0.717, 1.165) is 0 Å². The fraction of sp³-hybridized carbons (Fsp3) is 1.00. The highest BCUT2D eigenvalue weighted by Gasteiger charge is 2.24. The van der Waals surface area contributed by atoms with E-state index in [1.807, 2.05) is 0 Å². The molecule has 0 nitrogen and oxygen atoms in total. The fourth-order valence-corrected chi connectivity index (χ4v) is 1.75. The molecule has 0 saturated heterocycles. The van der Waals surface area contributed by atoms with Gasteiger partial charge in [0.2, 0.25) is 0 Å². The third-order valence-electron chi connectivity index (χ3n) is 2.52. The number of hydrogen-bond donors (Lipinski definition) is 0. The van der Waals surface area contributed by atoms with Gasteiger partial charge in [-0.2, -0.15) is 0 Å². The van der Waals surface area contributed by atoms with E-state index in [1.54, 1.807) is 0 Å². The number of unbranched alkanes of at least 4 members (excludes halogenated alkanes) is 4. The Hall–Kier alpha value is 0.960. The van der Waals surface area contributed by atoms with E-state index in [9.17, 15) is 0 Å². The maximum Gasteiger partial charge on any atom is 0.0748 e. The van der Waals surface area contributed by atoms with Crippen molar-refractivity contribution in [1.82, 2.24) is 0 Å². The smallest absolute Gasteiger partial charge is 0.0748 e. The number of alkyl halides is 2. The maximum atomic E-state index is 3.60. The third-order valence-corrected chi connectivity index (χ3v) is 4.99. The number of halogens is 2. The Balaban J connectivity index is 3.41. The van der Waals surface area contributed by atoms with E-state index < -0.39 is 0 Å². The predicted molar refractivity (Wildman–Crippen MR) is 68.8 cm³/mol. The molecule has 0 amide bonds. The minimum absolute atomic E-state index is 0.381. The molecule has 0 spiro atoms. The van der Waals surface area contributed by atoms with Gasteiger partial charge >= 0.3 is 0 Å². The van der Waals surface area contributed by atoms with Gasteiger partial charge in [-0.25, -0.2) is 0 Å². The van der Waals surface area contributed by atoms with Crippen LogP contribution in [0, 0.1) is 5.41 Å². The second-order valence-electron chi connectivity index (χ2n) is 4.45. The Kier molecular flexibility index (Phi) is 7.82. The molecule has 0 fully saturated rings. The molecular formula is C11H22Br2. The number of hydrogen-bond acceptors (Lipinski definition) is 0. The lowest BCUT2D eigenvalue weighted by Gasteiger charge is -2.26. The normalized spacial score (nSPS) is 12.5. The van der Waals surface area contributed by atoms with Gasteiger partial charge in [0.15, 0.2) is 0 Å². The number of rotatable bonds is 7. The molecule has 0 heterocycles. The molecule has 80 valence electrons. The predicted octanol–water partition coefficient (Wildman–Crippen LogP) is 5.49. The van der Waals surface area contributed by atoms with Gasteiger partial charge in [-0.1, -0.05) is 84.7 Å². The third kappa shape index (κ3) is 6.96. The van der Waals surface area contributed by atoms with Crippen LogP contribution in [0.1, 0.15) is 59.3 Å². The average Bonchev–Trinajstić information content (AvgIpc) is 2.03. The van der Waals surface area contributed by atoms with Gasteiger partial charge in [-0.15, -0.1) is 0 Å². The Bertz CT molecular complexity index is 119. The molecule has 0 aliphatic rings. The molecular weight excluding hydrogens is 292 g/mol. The highest BCUT2D eigenvalue weighted by atomic mass is 79.9. The Morgan fingerprint density at radius 3 is 2.00 bits per heavy atom. The van der Waals surface area contributed by atoms with Crippen molar-refractivity contribution in [3.05, 3.63) is 0 Å². The van der Waals surface area contributed by atoms with Crippen LogP contribution in [0.3, 0.4) is 0 Å². The Labute approximate surface area is 100 Å².